The van der Waals surface area contributed by atoms with Crippen molar-refractivity contribution in [3.63, 3.8) is 0 Å². The molecule has 0 radical (unpaired) electrons. The Hall–Kier alpha value is -1.32. The number of ketones is 1. The number of rotatable bonds is 1. The quantitative estimate of drug-likeness (QED) is 0.557. The number of ether oxygens (including phenoxy) is 1. The van der Waals surface area contributed by atoms with Crippen LogP contribution in [-0.4, -0.2) is 18.0 Å². The van der Waals surface area contributed by atoms with Crippen LogP contribution in [0.5, 0.6) is 0 Å². The molecular weight excluding hydrogens is 134 g/mol. The highest BCUT2D eigenvalue weighted by molar-refractivity contribution is 5.96. The van der Waals surface area contributed by atoms with Crippen LogP contribution < -0.4 is 5.73 Å². The number of hydrogen-bond donors (Lipinski definition) is 1. The van der Waals surface area contributed by atoms with E-state index in [1.807, 2.05) is 0 Å². The van der Waals surface area contributed by atoms with Gasteiger partial charge in [0, 0.05) is 6.42 Å². The first-order valence-electron chi connectivity index (χ1n) is 2.86. The summed E-state index contributed by atoms with van der Waals surface area (Å²) >= 11 is 0. The summed E-state index contributed by atoms with van der Waals surface area (Å²) in [5, 5.41) is 0. The average molecular weight is 141 g/mol. The van der Waals surface area contributed by atoms with Crippen LogP contribution >= 0.6 is 0 Å². The van der Waals surface area contributed by atoms with Gasteiger partial charge in [-0.25, -0.2) is 4.79 Å². The number of carbonyl (C=O) groups is 2. The van der Waals surface area contributed by atoms with E-state index >= 15 is 0 Å². The van der Waals surface area contributed by atoms with E-state index in [4.69, 9.17) is 5.73 Å². The fourth-order valence-electron chi connectivity index (χ4n) is 0.778. The first kappa shape index (κ1) is 6.80. The molecule has 1 unspecified atom stereocenters. The summed E-state index contributed by atoms with van der Waals surface area (Å²) in [6.45, 7) is 0. The Balaban J connectivity index is 2.45. The molecule has 0 bridgehead atoms. The van der Waals surface area contributed by atoms with Crippen molar-refractivity contribution in [2.24, 2.45) is 5.73 Å². The van der Waals surface area contributed by atoms with Crippen molar-refractivity contribution >= 4 is 11.9 Å². The highest BCUT2D eigenvalue weighted by atomic mass is 16.6. The summed E-state index contributed by atoms with van der Waals surface area (Å²) in [5.74, 6) is -0.196. The van der Waals surface area contributed by atoms with Crippen LogP contribution in [0.25, 0.3) is 0 Å². The van der Waals surface area contributed by atoms with Gasteiger partial charge in [0.1, 0.15) is 0 Å². The number of nitrogens with two attached hydrogens (primary N) is 1. The maximum Gasteiger partial charge on any atom is 0.405 e. The predicted octanol–water partition coefficient (Wildman–Crippen LogP) is -0.0207. The highest BCUT2D eigenvalue weighted by Crippen LogP contribution is 2.09. The lowest BCUT2D eigenvalue weighted by atomic mass is 10.3. The molecule has 1 aliphatic carbocycles. The molecule has 10 heavy (non-hydrogen) atoms. The molecule has 0 saturated carbocycles. The second-order valence-corrected chi connectivity index (χ2v) is 1.97. The van der Waals surface area contributed by atoms with Gasteiger partial charge < -0.3 is 10.5 Å². The summed E-state index contributed by atoms with van der Waals surface area (Å²) in [4.78, 5) is 20.8. The lowest BCUT2D eigenvalue weighted by Gasteiger charge is -2.05. The Morgan fingerprint density at radius 2 is 2.50 bits per heavy atom. The van der Waals surface area contributed by atoms with E-state index in [9.17, 15) is 9.59 Å². The monoisotopic (exact) mass is 141 g/mol. The molecule has 0 aromatic carbocycles. The number of amides is 1. The SMILES string of the molecule is NC(=O)OC1CC=CC1=O. The average Bonchev–Trinajstić information content (AvgIpc) is 2.15. The van der Waals surface area contributed by atoms with Crippen LogP contribution in [0.2, 0.25) is 0 Å². The van der Waals surface area contributed by atoms with Crippen LogP contribution in [-0.2, 0) is 9.53 Å². The molecule has 0 spiro atoms. The minimum Gasteiger partial charge on any atom is -0.438 e. The van der Waals surface area contributed by atoms with Crippen molar-refractivity contribution < 1.29 is 14.3 Å². The van der Waals surface area contributed by atoms with Gasteiger partial charge in [0.15, 0.2) is 11.9 Å². The van der Waals surface area contributed by atoms with Gasteiger partial charge >= 0.3 is 6.09 Å². The summed E-state index contributed by atoms with van der Waals surface area (Å²) in [6.07, 6.45) is 1.91. The molecule has 0 aromatic heterocycles. The summed E-state index contributed by atoms with van der Waals surface area (Å²) < 4.78 is 4.45. The van der Waals surface area contributed by atoms with E-state index in [0.717, 1.165) is 0 Å². The normalized spacial score (nSPS) is 23.2. The Labute approximate surface area is 57.6 Å². The van der Waals surface area contributed by atoms with Crippen LogP contribution in [0, 0.1) is 0 Å². The standard InChI is InChI=1S/C6H7NO3/c7-6(9)10-5-3-1-2-4(5)8/h1-2,5H,3H2,(H2,7,9). The van der Waals surface area contributed by atoms with E-state index in [-0.39, 0.29) is 5.78 Å². The van der Waals surface area contributed by atoms with Gasteiger partial charge in [-0.2, -0.15) is 0 Å². The van der Waals surface area contributed by atoms with E-state index in [1.54, 1.807) is 6.08 Å². The zero-order valence-electron chi connectivity index (χ0n) is 5.24. The van der Waals surface area contributed by atoms with Gasteiger partial charge in [0.05, 0.1) is 0 Å². The van der Waals surface area contributed by atoms with Gasteiger partial charge in [-0.1, -0.05) is 6.08 Å². The molecule has 0 heterocycles. The molecular formula is C6H7NO3. The number of primary amides is 1. The molecule has 4 heteroatoms. The Kier molecular flexibility index (Phi) is 1.71. The lowest BCUT2D eigenvalue weighted by Crippen LogP contribution is -2.25. The van der Waals surface area contributed by atoms with Crippen molar-refractivity contribution in [1.29, 1.82) is 0 Å². The first-order valence-corrected chi connectivity index (χ1v) is 2.86. The third-order valence-corrected chi connectivity index (χ3v) is 1.21. The van der Waals surface area contributed by atoms with Gasteiger partial charge in [0.25, 0.3) is 0 Å². The Morgan fingerprint density at radius 1 is 1.80 bits per heavy atom. The maximum absolute atomic E-state index is 10.7. The molecule has 54 valence electrons. The molecule has 1 aliphatic rings. The van der Waals surface area contributed by atoms with Crippen LogP contribution in [0.1, 0.15) is 6.42 Å². The minimum absolute atomic E-state index is 0.196. The second-order valence-electron chi connectivity index (χ2n) is 1.97. The van der Waals surface area contributed by atoms with E-state index < -0.39 is 12.2 Å². The fraction of sp³-hybridized carbons (Fsp3) is 0.333. The second kappa shape index (κ2) is 2.51. The molecule has 0 saturated heterocycles. The van der Waals surface area contributed by atoms with E-state index in [1.165, 1.54) is 6.08 Å². The molecule has 1 rings (SSSR count). The van der Waals surface area contributed by atoms with Gasteiger partial charge in [-0.15, -0.1) is 0 Å². The molecule has 1 amide bonds. The molecule has 0 aliphatic heterocycles. The van der Waals surface area contributed by atoms with Crippen LogP contribution in [0.15, 0.2) is 12.2 Å². The number of hydrogen-bond acceptors (Lipinski definition) is 3. The predicted molar refractivity (Wildman–Crippen MR) is 33.2 cm³/mol. The zero-order chi connectivity index (χ0) is 7.56. The van der Waals surface area contributed by atoms with E-state index in [0.29, 0.717) is 6.42 Å². The molecule has 2 N–H and O–H groups in total. The largest absolute Gasteiger partial charge is 0.438 e. The van der Waals surface area contributed by atoms with Crippen molar-refractivity contribution in [2.75, 3.05) is 0 Å². The third-order valence-electron chi connectivity index (χ3n) is 1.21. The van der Waals surface area contributed by atoms with Crippen molar-refractivity contribution in [1.82, 2.24) is 0 Å². The van der Waals surface area contributed by atoms with Gasteiger partial charge in [-0.3, -0.25) is 4.79 Å². The van der Waals surface area contributed by atoms with Crippen LogP contribution in [0.3, 0.4) is 0 Å². The molecule has 1 atom stereocenters. The van der Waals surface area contributed by atoms with Crippen LogP contribution in [0.4, 0.5) is 4.79 Å². The summed E-state index contributed by atoms with van der Waals surface area (Å²) in [6, 6.07) is 0. The van der Waals surface area contributed by atoms with Crippen molar-refractivity contribution in [3.8, 4) is 0 Å². The maximum atomic E-state index is 10.7. The smallest absolute Gasteiger partial charge is 0.405 e. The summed E-state index contributed by atoms with van der Waals surface area (Å²) in [5.41, 5.74) is 4.69. The highest BCUT2D eigenvalue weighted by Gasteiger charge is 2.22. The zero-order valence-corrected chi connectivity index (χ0v) is 5.24. The van der Waals surface area contributed by atoms with Crippen molar-refractivity contribution in [3.05, 3.63) is 12.2 Å². The molecule has 0 aromatic rings. The fourth-order valence-corrected chi connectivity index (χ4v) is 0.778. The van der Waals surface area contributed by atoms with E-state index in [2.05, 4.69) is 4.74 Å². The third kappa shape index (κ3) is 1.34. The minimum atomic E-state index is -0.901. The number of carbonyl (C=O) groups excluding carboxylic acids is 2. The topological polar surface area (TPSA) is 69.4 Å². The first-order chi connectivity index (χ1) is 4.70. The molecule has 4 nitrogen and oxygen atoms in total. The van der Waals surface area contributed by atoms with Gasteiger partial charge in [0.2, 0.25) is 0 Å². The van der Waals surface area contributed by atoms with Crippen molar-refractivity contribution in [2.45, 2.75) is 12.5 Å². The lowest BCUT2D eigenvalue weighted by molar-refractivity contribution is -0.121. The van der Waals surface area contributed by atoms with Gasteiger partial charge in [-0.05, 0) is 6.08 Å². The summed E-state index contributed by atoms with van der Waals surface area (Å²) in [7, 11) is 0. The Morgan fingerprint density at radius 3 is 2.90 bits per heavy atom. The molecule has 0 fully saturated rings. The Bertz CT molecular complexity index is 197.